The number of thioether (sulfide) groups is 1. The van der Waals surface area contributed by atoms with Crippen LogP contribution in [0.5, 0.6) is 0 Å². The zero-order chi connectivity index (χ0) is 16.2. The summed E-state index contributed by atoms with van der Waals surface area (Å²) < 4.78 is 0.790. The molecule has 6 heteroatoms. The minimum Gasteiger partial charge on any atom is -0.618 e. The molecule has 1 aromatic carbocycles. The lowest BCUT2D eigenvalue weighted by atomic mass is 10.0. The summed E-state index contributed by atoms with van der Waals surface area (Å²) in [6, 6.07) is 13.0. The summed E-state index contributed by atoms with van der Waals surface area (Å²) in [6.07, 6.45) is 3.40. The molecule has 4 nitrogen and oxygen atoms in total. The van der Waals surface area contributed by atoms with Gasteiger partial charge in [0.15, 0.2) is 6.20 Å². The van der Waals surface area contributed by atoms with Crippen LogP contribution in [0.2, 0.25) is 5.02 Å². The van der Waals surface area contributed by atoms with Crippen molar-refractivity contribution in [1.82, 2.24) is 4.90 Å². The summed E-state index contributed by atoms with van der Waals surface area (Å²) in [5.41, 5.74) is 1.11. The van der Waals surface area contributed by atoms with Gasteiger partial charge in [0.1, 0.15) is 0 Å². The van der Waals surface area contributed by atoms with Crippen LogP contribution in [0.1, 0.15) is 24.4 Å². The van der Waals surface area contributed by atoms with E-state index in [2.05, 4.69) is 0 Å². The Kier molecular flexibility index (Phi) is 5.08. The zero-order valence-corrected chi connectivity index (χ0v) is 14.1. The fourth-order valence-corrected chi connectivity index (χ4v) is 3.77. The number of carbonyl (C=O) groups excluding carboxylic acids is 1. The quantitative estimate of drug-likeness (QED) is 0.483. The van der Waals surface area contributed by atoms with Crippen molar-refractivity contribution < 1.29 is 9.52 Å². The molecular weight excluding hydrogens is 332 g/mol. The fraction of sp³-hybridized carbons (Fsp3) is 0.294. The number of carbonyl (C=O) groups is 1. The second-order valence-electron chi connectivity index (χ2n) is 5.45. The maximum absolute atomic E-state index is 12.5. The van der Waals surface area contributed by atoms with E-state index in [9.17, 15) is 10.0 Å². The maximum atomic E-state index is 12.5. The molecule has 0 saturated carbocycles. The standard InChI is InChI=1S/C17H17ClN2O2S/c18-14-8-6-13(7-9-14)15-4-3-10-19(15)16(21)12-23-17-5-1-2-11-20(17)22/h1-2,5-9,11,15H,3-4,10,12H2. The molecule has 0 N–H and O–H groups in total. The van der Waals surface area contributed by atoms with E-state index < -0.39 is 0 Å². The predicted octanol–water partition coefficient (Wildman–Crippen LogP) is 3.43. The summed E-state index contributed by atoms with van der Waals surface area (Å²) in [6.45, 7) is 0.763. The molecule has 2 heterocycles. The van der Waals surface area contributed by atoms with Gasteiger partial charge in [-0.15, -0.1) is 0 Å². The Bertz CT molecular complexity index is 693. The van der Waals surface area contributed by atoms with Gasteiger partial charge < -0.3 is 10.1 Å². The maximum Gasteiger partial charge on any atom is 0.251 e. The Hall–Kier alpha value is -1.72. The third-order valence-electron chi connectivity index (χ3n) is 3.96. The monoisotopic (exact) mass is 348 g/mol. The molecule has 3 rings (SSSR count). The molecular formula is C17H17ClN2O2S. The van der Waals surface area contributed by atoms with Crippen molar-refractivity contribution in [3.05, 3.63) is 64.5 Å². The molecule has 1 unspecified atom stereocenters. The number of rotatable bonds is 4. The van der Waals surface area contributed by atoms with Gasteiger partial charge in [-0.1, -0.05) is 23.7 Å². The third kappa shape index (κ3) is 3.79. The lowest BCUT2D eigenvalue weighted by molar-refractivity contribution is -0.645. The van der Waals surface area contributed by atoms with Crippen LogP contribution in [-0.2, 0) is 4.79 Å². The fourth-order valence-electron chi connectivity index (χ4n) is 2.84. The van der Waals surface area contributed by atoms with Gasteiger partial charge in [0.05, 0.1) is 11.8 Å². The van der Waals surface area contributed by atoms with E-state index in [4.69, 9.17) is 11.6 Å². The molecule has 0 aliphatic carbocycles. The second-order valence-corrected chi connectivity index (χ2v) is 6.88. The van der Waals surface area contributed by atoms with Crippen molar-refractivity contribution in [3.8, 4) is 0 Å². The summed E-state index contributed by atoms with van der Waals surface area (Å²) >= 11 is 7.21. The van der Waals surface area contributed by atoms with Gasteiger partial charge in [0, 0.05) is 23.7 Å². The number of pyridine rings is 1. The molecule has 1 aliphatic heterocycles. The second kappa shape index (κ2) is 7.23. The van der Waals surface area contributed by atoms with Crippen molar-refractivity contribution in [1.29, 1.82) is 0 Å². The van der Waals surface area contributed by atoms with Crippen LogP contribution in [0.25, 0.3) is 0 Å². The molecule has 1 aromatic heterocycles. The van der Waals surface area contributed by atoms with Crippen LogP contribution in [0.3, 0.4) is 0 Å². The van der Waals surface area contributed by atoms with Crippen LogP contribution < -0.4 is 4.73 Å². The number of amides is 1. The number of aromatic nitrogens is 1. The van der Waals surface area contributed by atoms with E-state index in [1.165, 1.54) is 18.0 Å². The molecule has 2 aromatic rings. The van der Waals surface area contributed by atoms with E-state index in [0.717, 1.165) is 29.7 Å². The molecule has 1 amide bonds. The van der Waals surface area contributed by atoms with Gasteiger partial charge in [-0.2, -0.15) is 4.73 Å². The molecule has 1 fully saturated rings. The summed E-state index contributed by atoms with van der Waals surface area (Å²) in [4.78, 5) is 14.5. The van der Waals surface area contributed by atoms with Gasteiger partial charge in [0.2, 0.25) is 5.91 Å². The van der Waals surface area contributed by atoms with Crippen molar-refractivity contribution in [3.63, 3.8) is 0 Å². The lowest BCUT2D eigenvalue weighted by Crippen LogP contribution is -2.33. The Balaban J connectivity index is 1.66. The molecule has 0 spiro atoms. The lowest BCUT2D eigenvalue weighted by Gasteiger charge is -2.25. The average Bonchev–Trinajstić information content (AvgIpc) is 3.04. The van der Waals surface area contributed by atoms with Gasteiger partial charge in [0.25, 0.3) is 5.03 Å². The third-order valence-corrected chi connectivity index (χ3v) is 5.22. The van der Waals surface area contributed by atoms with E-state index in [-0.39, 0.29) is 17.7 Å². The smallest absolute Gasteiger partial charge is 0.251 e. The minimum absolute atomic E-state index is 0.0660. The molecule has 1 saturated heterocycles. The van der Waals surface area contributed by atoms with Crippen molar-refractivity contribution >= 4 is 29.3 Å². The van der Waals surface area contributed by atoms with Crippen LogP contribution in [0.4, 0.5) is 0 Å². The van der Waals surface area contributed by atoms with Gasteiger partial charge in [-0.25, -0.2) is 0 Å². The Morgan fingerprint density at radius 2 is 2.09 bits per heavy atom. The highest BCUT2D eigenvalue weighted by Gasteiger charge is 2.30. The zero-order valence-electron chi connectivity index (χ0n) is 12.5. The minimum atomic E-state index is 0.0660. The van der Waals surface area contributed by atoms with Crippen molar-refractivity contribution in [2.75, 3.05) is 12.3 Å². The van der Waals surface area contributed by atoms with Crippen LogP contribution in [0.15, 0.2) is 53.7 Å². The highest BCUT2D eigenvalue weighted by atomic mass is 35.5. The van der Waals surface area contributed by atoms with E-state index >= 15 is 0 Å². The number of hydrogen-bond acceptors (Lipinski definition) is 3. The first-order valence-electron chi connectivity index (χ1n) is 7.51. The molecule has 1 aliphatic rings. The van der Waals surface area contributed by atoms with Crippen molar-refractivity contribution in [2.45, 2.75) is 23.9 Å². The largest absolute Gasteiger partial charge is 0.618 e. The first kappa shape index (κ1) is 16.1. The van der Waals surface area contributed by atoms with E-state index in [0.29, 0.717) is 10.0 Å². The van der Waals surface area contributed by atoms with Gasteiger partial charge >= 0.3 is 0 Å². The van der Waals surface area contributed by atoms with E-state index in [1.807, 2.05) is 29.2 Å². The number of likely N-dealkylation sites (tertiary alicyclic amines) is 1. The Morgan fingerprint density at radius 3 is 2.83 bits per heavy atom. The SMILES string of the molecule is O=C(CSc1cccc[n+]1[O-])N1CCCC1c1ccc(Cl)cc1. The topological polar surface area (TPSA) is 47.2 Å². The molecule has 0 radical (unpaired) electrons. The highest BCUT2D eigenvalue weighted by molar-refractivity contribution is 7.99. The van der Waals surface area contributed by atoms with Crippen molar-refractivity contribution in [2.24, 2.45) is 0 Å². The predicted molar refractivity (Wildman–Crippen MR) is 91.3 cm³/mol. The Labute approximate surface area is 144 Å². The normalized spacial score (nSPS) is 17.4. The Morgan fingerprint density at radius 1 is 1.30 bits per heavy atom. The van der Waals surface area contributed by atoms with Gasteiger partial charge in [-0.05, 0) is 48.4 Å². The molecule has 120 valence electrons. The van der Waals surface area contributed by atoms with Crippen LogP contribution in [-0.4, -0.2) is 23.1 Å². The van der Waals surface area contributed by atoms with Crippen LogP contribution >= 0.6 is 23.4 Å². The first-order valence-corrected chi connectivity index (χ1v) is 8.87. The number of halogens is 1. The summed E-state index contributed by atoms with van der Waals surface area (Å²) in [7, 11) is 0. The molecule has 1 atom stereocenters. The summed E-state index contributed by atoms with van der Waals surface area (Å²) in [5.74, 6) is 0.340. The number of benzene rings is 1. The molecule has 23 heavy (non-hydrogen) atoms. The van der Waals surface area contributed by atoms with E-state index in [1.54, 1.807) is 18.2 Å². The first-order chi connectivity index (χ1) is 11.1. The number of hydrogen-bond donors (Lipinski definition) is 0. The number of nitrogens with zero attached hydrogens (tertiary/aromatic N) is 2. The highest BCUT2D eigenvalue weighted by Crippen LogP contribution is 2.33. The average molecular weight is 349 g/mol. The summed E-state index contributed by atoms with van der Waals surface area (Å²) in [5, 5.41) is 12.9. The molecule has 0 bridgehead atoms. The van der Waals surface area contributed by atoms with Crippen LogP contribution in [0, 0.1) is 5.21 Å². The van der Waals surface area contributed by atoms with Gasteiger partial charge in [-0.3, -0.25) is 4.79 Å².